The maximum absolute atomic E-state index is 9.82. The summed E-state index contributed by atoms with van der Waals surface area (Å²) in [4.78, 5) is 1.41. The molecule has 0 amide bonds. The molecule has 2 nitrogen and oxygen atoms in total. The van der Waals surface area contributed by atoms with Gasteiger partial charge in [0.15, 0.2) is 0 Å². The maximum atomic E-state index is 9.82. The van der Waals surface area contributed by atoms with E-state index in [1.54, 1.807) is 11.3 Å². The van der Waals surface area contributed by atoms with Gasteiger partial charge in [0.05, 0.1) is 0 Å². The summed E-state index contributed by atoms with van der Waals surface area (Å²) in [6.45, 7) is 0.614. The van der Waals surface area contributed by atoms with Crippen LogP contribution in [0.5, 0.6) is 0 Å². The highest BCUT2D eigenvalue weighted by molar-refractivity contribution is 7.09. The Morgan fingerprint density at radius 1 is 1.28 bits per heavy atom. The van der Waals surface area contributed by atoms with Gasteiger partial charge in [-0.2, -0.15) is 0 Å². The number of hydrogen-bond acceptors (Lipinski definition) is 3. The van der Waals surface area contributed by atoms with E-state index in [1.807, 2.05) is 0 Å². The zero-order chi connectivity index (χ0) is 12.4. The van der Waals surface area contributed by atoms with Crippen molar-refractivity contribution >= 4 is 23.9 Å². The van der Waals surface area contributed by atoms with Gasteiger partial charge in [0.1, 0.15) is 0 Å². The van der Waals surface area contributed by atoms with Gasteiger partial charge in [-0.1, -0.05) is 24.3 Å². The van der Waals surface area contributed by atoms with Gasteiger partial charge in [0.2, 0.25) is 0 Å². The Bertz CT molecular complexity index is 525. The van der Waals surface area contributed by atoms with Crippen LogP contribution < -0.4 is 5.46 Å². The van der Waals surface area contributed by atoms with E-state index < -0.39 is 7.12 Å². The van der Waals surface area contributed by atoms with Crippen LogP contribution in [0.1, 0.15) is 16.0 Å². The normalized spacial score (nSPS) is 14.6. The van der Waals surface area contributed by atoms with E-state index in [4.69, 9.17) is 4.65 Å². The van der Waals surface area contributed by atoms with Gasteiger partial charge in [-0.25, -0.2) is 0 Å². The number of hydrogen-bond donors (Lipinski definition) is 1. The summed E-state index contributed by atoms with van der Waals surface area (Å²) < 4.78 is 5.27. The van der Waals surface area contributed by atoms with Crippen LogP contribution in [0, 0.1) is 0 Å². The van der Waals surface area contributed by atoms with Crippen LogP contribution >= 0.6 is 11.3 Å². The highest BCUT2D eigenvalue weighted by atomic mass is 32.1. The molecule has 0 radical (unpaired) electrons. The van der Waals surface area contributed by atoms with E-state index >= 15 is 0 Å². The third-order valence-electron chi connectivity index (χ3n) is 3.36. The summed E-state index contributed by atoms with van der Waals surface area (Å²) in [5.41, 5.74) is 3.44. The summed E-state index contributed by atoms with van der Waals surface area (Å²) in [6, 6.07) is 10.6. The summed E-state index contributed by atoms with van der Waals surface area (Å²) in [7, 11) is -0.740. The van der Waals surface area contributed by atoms with E-state index in [9.17, 15) is 5.02 Å². The van der Waals surface area contributed by atoms with Crippen molar-refractivity contribution in [3.8, 4) is 0 Å². The summed E-state index contributed by atoms with van der Waals surface area (Å²) in [5.74, 6) is 0. The van der Waals surface area contributed by atoms with E-state index in [0.717, 1.165) is 24.7 Å². The zero-order valence-electron chi connectivity index (χ0n) is 10.1. The molecule has 1 N–H and O–H groups in total. The molecule has 18 heavy (non-hydrogen) atoms. The Labute approximate surface area is 111 Å². The lowest BCUT2D eigenvalue weighted by molar-refractivity contribution is 0.266. The number of fused-ring (bicyclic) bond motifs is 1. The minimum Gasteiger partial charge on any atom is -0.423 e. The lowest BCUT2D eigenvalue weighted by atomic mass is 9.73. The highest BCUT2D eigenvalue weighted by Gasteiger charge is 2.24. The molecule has 0 atom stereocenters. The molecular weight excluding hydrogens is 243 g/mol. The molecule has 1 aromatic heterocycles. The van der Waals surface area contributed by atoms with Crippen molar-refractivity contribution in [1.82, 2.24) is 0 Å². The zero-order valence-corrected chi connectivity index (χ0v) is 11.0. The fourth-order valence-corrected chi connectivity index (χ4v) is 3.06. The van der Waals surface area contributed by atoms with Gasteiger partial charge in [-0.15, -0.1) is 11.3 Å². The van der Waals surface area contributed by atoms with Gasteiger partial charge in [-0.05, 0) is 47.3 Å². The standard InChI is InChI=1S/C14H15BO2S/c16-15-14-10-11(3-5-12(14)7-8-17-15)4-6-13-2-1-9-18-13/h1-3,5,9-10,16H,4,6-8H2. The quantitative estimate of drug-likeness (QED) is 0.850. The Kier molecular flexibility index (Phi) is 3.50. The number of thiophene rings is 1. The van der Waals surface area contributed by atoms with Gasteiger partial charge in [0.25, 0.3) is 0 Å². The predicted molar refractivity (Wildman–Crippen MR) is 75.4 cm³/mol. The maximum Gasteiger partial charge on any atom is 0.491 e. The van der Waals surface area contributed by atoms with Crippen LogP contribution in [0.25, 0.3) is 0 Å². The lowest BCUT2D eigenvalue weighted by Gasteiger charge is -2.19. The third-order valence-corrected chi connectivity index (χ3v) is 4.30. The van der Waals surface area contributed by atoms with E-state index in [2.05, 4.69) is 35.7 Å². The molecule has 1 aliphatic heterocycles. The second-order valence-corrected chi connectivity index (χ2v) is 5.62. The van der Waals surface area contributed by atoms with Gasteiger partial charge in [-0.3, -0.25) is 0 Å². The van der Waals surface area contributed by atoms with Crippen molar-refractivity contribution in [3.05, 3.63) is 51.7 Å². The molecule has 0 bridgehead atoms. The van der Waals surface area contributed by atoms with Crippen molar-refractivity contribution < 1.29 is 9.68 Å². The largest absolute Gasteiger partial charge is 0.491 e. The second kappa shape index (κ2) is 5.27. The molecule has 1 aromatic carbocycles. The number of aryl methyl sites for hydroxylation is 2. The van der Waals surface area contributed by atoms with Crippen LogP contribution in [0.15, 0.2) is 35.7 Å². The predicted octanol–water partition coefficient (Wildman–Crippen LogP) is 1.79. The van der Waals surface area contributed by atoms with Crippen LogP contribution in [0.3, 0.4) is 0 Å². The number of benzene rings is 1. The highest BCUT2D eigenvalue weighted by Crippen LogP contribution is 2.14. The molecule has 0 aliphatic carbocycles. The third kappa shape index (κ3) is 2.51. The molecule has 0 unspecified atom stereocenters. The molecule has 0 saturated carbocycles. The average Bonchev–Trinajstić information content (AvgIpc) is 2.90. The van der Waals surface area contributed by atoms with Crippen molar-refractivity contribution in [1.29, 1.82) is 0 Å². The van der Waals surface area contributed by atoms with Crippen LogP contribution in [0.2, 0.25) is 0 Å². The Balaban J connectivity index is 1.75. The van der Waals surface area contributed by atoms with Gasteiger partial charge >= 0.3 is 7.12 Å². The molecular formula is C14H15BO2S. The first-order chi connectivity index (χ1) is 8.83. The van der Waals surface area contributed by atoms with Crippen LogP contribution in [0.4, 0.5) is 0 Å². The van der Waals surface area contributed by atoms with Crippen molar-refractivity contribution in [3.63, 3.8) is 0 Å². The fraction of sp³-hybridized carbons (Fsp3) is 0.286. The Morgan fingerprint density at radius 3 is 3.06 bits per heavy atom. The molecule has 0 saturated heterocycles. The second-order valence-electron chi connectivity index (χ2n) is 4.59. The minimum atomic E-state index is -0.740. The van der Waals surface area contributed by atoms with E-state index in [1.165, 1.54) is 16.0 Å². The molecule has 2 heterocycles. The van der Waals surface area contributed by atoms with Crippen LogP contribution in [-0.2, 0) is 23.9 Å². The van der Waals surface area contributed by atoms with E-state index in [0.29, 0.717) is 6.61 Å². The first-order valence-corrected chi connectivity index (χ1v) is 7.14. The minimum absolute atomic E-state index is 0.614. The molecule has 0 spiro atoms. The fourth-order valence-electron chi connectivity index (χ4n) is 2.35. The van der Waals surface area contributed by atoms with Crippen molar-refractivity contribution in [2.24, 2.45) is 0 Å². The Hall–Kier alpha value is -1.10. The first kappa shape index (κ1) is 12.0. The van der Waals surface area contributed by atoms with Crippen LogP contribution in [-0.4, -0.2) is 18.7 Å². The average molecular weight is 258 g/mol. The van der Waals surface area contributed by atoms with Gasteiger partial charge in [0, 0.05) is 11.5 Å². The molecule has 92 valence electrons. The van der Waals surface area contributed by atoms with Gasteiger partial charge < -0.3 is 9.68 Å². The van der Waals surface area contributed by atoms with Crippen molar-refractivity contribution in [2.75, 3.05) is 6.61 Å². The van der Waals surface area contributed by atoms with Crippen molar-refractivity contribution in [2.45, 2.75) is 19.3 Å². The number of rotatable bonds is 3. The first-order valence-electron chi connectivity index (χ1n) is 6.27. The summed E-state index contributed by atoms with van der Waals surface area (Å²) in [6.07, 6.45) is 2.98. The van der Waals surface area contributed by atoms with E-state index in [-0.39, 0.29) is 0 Å². The molecule has 1 aliphatic rings. The summed E-state index contributed by atoms with van der Waals surface area (Å²) in [5, 5.41) is 11.9. The lowest BCUT2D eigenvalue weighted by Crippen LogP contribution is -2.41. The topological polar surface area (TPSA) is 29.5 Å². The molecule has 4 heteroatoms. The SMILES string of the molecule is OB1OCCc2ccc(CCc3cccs3)cc21. The molecule has 3 rings (SSSR count). The summed E-state index contributed by atoms with van der Waals surface area (Å²) >= 11 is 1.80. The molecule has 0 fully saturated rings. The Morgan fingerprint density at radius 2 is 2.22 bits per heavy atom. The molecule has 2 aromatic rings. The smallest absolute Gasteiger partial charge is 0.423 e. The monoisotopic (exact) mass is 258 g/mol.